The number of anilines is 1. The molecular formula is C19H17N3O2S. The van der Waals surface area contributed by atoms with Crippen molar-refractivity contribution < 1.29 is 9.59 Å². The van der Waals surface area contributed by atoms with Crippen molar-refractivity contribution in [1.29, 1.82) is 0 Å². The number of rotatable bonds is 3. The zero-order valence-electron chi connectivity index (χ0n) is 13.5. The van der Waals surface area contributed by atoms with Gasteiger partial charge in [-0.3, -0.25) is 9.78 Å². The standard InChI is InChI=1S/C19H17N3O2S/c23-17-19(8-5-12-11-16(12)19)21-18(24)22(17)13-1-3-14(4-2-13)25-15-6-9-20-10-7-15/h1-4,6-7,9-10,12,16H,5,8,11H2,(H,21,24). The summed E-state index contributed by atoms with van der Waals surface area (Å²) in [4.78, 5) is 32.9. The number of nitrogens with zero attached hydrogens (tertiary/aromatic N) is 2. The molecule has 1 aromatic heterocycles. The van der Waals surface area contributed by atoms with E-state index in [1.807, 2.05) is 36.4 Å². The van der Waals surface area contributed by atoms with Crippen LogP contribution < -0.4 is 10.2 Å². The molecule has 1 N–H and O–H groups in total. The number of nitrogens with one attached hydrogen (secondary N) is 1. The Labute approximate surface area is 149 Å². The summed E-state index contributed by atoms with van der Waals surface area (Å²) in [6.07, 6.45) is 6.42. The van der Waals surface area contributed by atoms with E-state index in [1.165, 1.54) is 4.90 Å². The summed E-state index contributed by atoms with van der Waals surface area (Å²) >= 11 is 1.62. The molecule has 5 nitrogen and oxygen atoms in total. The van der Waals surface area contributed by atoms with E-state index in [2.05, 4.69) is 10.3 Å². The number of pyridine rings is 1. The maximum absolute atomic E-state index is 13.0. The molecule has 0 radical (unpaired) electrons. The van der Waals surface area contributed by atoms with E-state index in [-0.39, 0.29) is 11.9 Å². The van der Waals surface area contributed by atoms with Crippen LogP contribution in [0.2, 0.25) is 0 Å². The second-order valence-corrected chi connectivity index (χ2v) is 8.11. The first-order chi connectivity index (χ1) is 12.2. The molecule has 5 rings (SSSR count). The van der Waals surface area contributed by atoms with Gasteiger partial charge in [0.1, 0.15) is 5.54 Å². The van der Waals surface area contributed by atoms with Crippen LogP contribution in [0, 0.1) is 11.8 Å². The van der Waals surface area contributed by atoms with E-state index in [9.17, 15) is 9.59 Å². The first-order valence-corrected chi connectivity index (χ1v) is 9.34. The second-order valence-electron chi connectivity index (χ2n) is 6.96. The van der Waals surface area contributed by atoms with Crippen molar-refractivity contribution in [3.05, 3.63) is 48.8 Å². The molecule has 3 amide bonds. The number of benzene rings is 1. The van der Waals surface area contributed by atoms with Crippen LogP contribution in [0.5, 0.6) is 0 Å². The molecule has 2 heterocycles. The summed E-state index contributed by atoms with van der Waals surface area (Å²) in [6.45, 7) is 0. The molecular weight excluding hydrogens is 334 g/mol. The number of urea groups is 1. The van der Waals surface area contributed by atoms with Gasteiger partial charge in [-0.2, -0.15) is 0 Å². The molecule has 3 aliphatic rings. The van der Waals surface area contributed by atoms with E-state index in [1.54, 1.807) is 24.2 Å². The third-order valence-corrected chi connectivity index (χ3v) is 6.58. The van der Waals surface area contributed by atoms with E-state index in [0.717, 1.165) is 29.1 Å². The number of carbonyl (C=O) groups is 2. The lowest BCUT2D eigenvalue weighted by Gasteiger charge is -2.22. The first-order valence-electron chi connectivity index (χ1n) is 8.52. The lowest BCUT2D eigenvalue weighted by atomic mass is 9.93. The lowest BCUT2D eigenvalue weighted by Crippen LogP contribution is -2.47. The third-order valence-electron chi connectivity index (χ3n) is 5.56. The number of hydrogen-bond donors (Lipinski definition) is 1. The van der Waals surface area contributed by atoms with E-state index >= 15 is 0 Å². The summed E-state index contributed by atoms with van der Waals surface area (Å²) in [6, 6.07) is 11.2. The zero-order valence-corrected chi connectivity index (χ0v) is 14.3. The lowest BCUT2D eigenvalue weighted by molar-refractivity contribution is -0.122. The summed E-state index contributed by atoms with van der Waals surface area (Å²) in [5, 5.41) is 3.00. The summed E-state index contributed by atoms with van der Waals surface area (Å²) in [5.74, 6) is 0.899. The molecule has 2 saturated carbocycles. The van der Waals surface area contributed by atoms with Gasteiger partial charge in [0.05, 0.1) is 5.69 Å². The molecule has 3 fully saturated rings. The van der Waals surface area contributed by atoms with Crippen molar-refractivity contribution in [2.24, 2.45) is 11.8 Å². The van der Waals surface area contributed by atoms with E-state index < -0.39 is 5.54 Å². The average molecular weight is 351 g/mol. The fraction of sp³-hybridized carbons (Fsp3) is 0.316. The van der Waals surface area contributed by atoms with Gasteiger partial charge in [0.25, 0.3) is 5.91 Å². The Morgan fingerprint density at radius 1 is 1.08 bits per heavy atom. The summed E-state index contributed by atoms with van der Waals surface area (Å²) in [7, 11) is 0. The van der Waals surface area contributed by atoms with Gasteiger partial charge in [-0.05, 0) is 67.5 Å². The van der Waals surface area contributed by atoms with Crippen LogP contribution in [0.15, 0.2) is 58.6 Å². The third kappa shape index (κ3) is 2.28. The van der Waals surface area contributed by atoms with Gasteiger partial charge >= 0.3 is 6.03 Å². The molecule has 1 saturated heterocycles. The molecule has 1 spiro atoms. The minimum atomic E-state index is -0.633. The second kappa shape index (κ2) is 5.33. The molecule has 1 aliphatic heterocycles. The van der Waals surface area contributed by atoms with Crippen molar-refractivity contribution in [2.45, 2.75) is 34.6 Å². The number of hydrogen-bond acceptors (Lipinski definition) is 4. The normalized spacial score (nSPS) is 29.8. The minimum absolute atomic E-state index is 0.0722. The van der Waals surface area contributed by atoms with Crippen molar-refractivity contribution in [3.8, 4) is 0 Å². The first kappa shape index (κ1) is 15.0. The topological polar surface area (TPSA) is 62.3 Å². The Bertz CT molecular complexity index is 855. The highest BCUT2D eigenvalue weighted by Crippen LogP contribution is 2.59. The molecule has 3 atom stereocenters. The number of fused-ring (bicyclic) bond motifs is 2. The van der Waals surface area contributed by atoms with Gasteiger partial charge in [0.15, 0.2) is 0 Å². The van der Waals surface area contributed by atoms with Gasteiger partial charge < -0.3 is 5.32 Å². The SMILES string of the molecule is O=C1NC2(CCC3CC32)C(=O)N1c1ccc(Sc2ccncc2)cc1. The van der Waals surface area contributed by atoms with Crippen LogP contribution in [0.3, 0.4) is 0 Å². The minimum Gasteiger partial charge on any atom is -0.322 e. The number of imide groups is 1. The number of aromatic nitrogens is 1. The van der Waals surface area contributed by atoms with Gasteiger partial charge in [-0.15, -0.1) is 0 Å². The van der Waals surface area contributed by atoms with Gasteiger partial charge in [0, 0.05) is 22.2 Å². The van der Waals surface area contributed by atoms with Crippen LogP contribution in [-0.2, 0) is 4.79 Å². The average Bonchev–Trinajstić information content (AvgIpc) is 3.28. The predicted molar refractivity (Wildman–Crippen MR) is 94.4 cm³/mol. The Balaban J connectivity index is 1.38. The van der Waals surface area contributed by atoms with Gasteiger partial charge in [0.2, 0.25) is 0 Å². The molecule has 126 valence electrons. The van der Waals surface area contributed by atoms with E-state index in [0.29, 0.717) is 17.5 Å². The fourth-order valence-corrected chi connectivity index (χ4v) is 5.02. The highest BCUT2D eigenvalue weighted by atomic mass is 32.2. The molecule has 2 aromatic rings. The number of carbonyl (C=O) groups excluding carboxylic acids is 2. The maximum atomic E-state index is 13.0. The van der Waals surface area contributed by atoms with Crippen LogP contribution in [0.4, 0.5) is 10.5 Å². The smallest absolute Gasteiger partial charge is 0.322 e. The Morgan fingerprint density at radius 3 is 2.44 bits per heavy atom. The fourth-order valence-electron chi connectivity index (χ4n) is 4.22. The van der Waals surface area contributed by atoms with E-state index in [4.69, 9.17) is 0 Å². The Hall–Kier alpha value is -2.34. The van der Waals surface area contributed by atoms with Crippen molar-refractivity contribution in [1.82, 2.24) is 10.3 Å². The van der Waals surface area contributed by atoms with Crippen LogP contribution >= 0.6 is 11.8 Å². The Morgan fingerprint density at radius 2 is 1.80 bits per heavy atom. The molecule has 6 heteroatoms. The largest absolute Gasteiger partial charge is 0.329 e. The van der Waals surface area contributed by atoms with Crippen LogP contribution in [-0.4, -0.2) is 22.5 Å². The van der Waals surface area contributed by atoms with Crippen molar-refractivity contribution in [2.75, 3.05) is 4.90 Å². The maximum Gasteiger partial charge on any atom is 0.329 e. The van der Waals surface area contributed by atoms with Gasteiger partial charge in [-0.25, -0.2) is 9.69 Å². The number of amides is 3. The van der Waals surface area contributed by atoms with Crippen LogP contribution in [0.25, 0.3) is 0 Å². The molecule has 2 aliphatic carbocycles. The van der Waals surface area contributed by atoms with Crippen molar-refractivity contribution in [3.63, 3.8) is 0 Å². The summed E-state index contributed by atoms with van der Waals surface area (Å²) < 4.78 is 0. The Kier molecular flexibility index (Phi) is 3.19. The monoisotopic (exact) mass is 351 g/mol. The quantitative estimate of drug-likeness (QED) is 0.860. The predicted octanol–water partition coefficient (Wildman–Crippen LogP) is 3.46. The van der Waals surface area contributed by atoms with Gasteiger partial charge in [-0.1, -0.05) is 11.8 Å². The molecule has 0 bridgehead atoms. The van der Waals surface area contributed by atoms with Crippen molar-refractivity contribution >= 4 is 29.4 Å². The molecule has 3 unspecified atom stereocenters. The summed E-state index contributed by atoms with van der Waals surface area (Å²) in [5.41, 5.74) is 0.00852. The highest BCUT2D eigenvalue weighted by Gasteiger charge is 2.67. The zero-order chi connectivity index (χ0) is 17.0. The highest BCUT2D eigenvalue weighted by molar-refractivity contribution is 7.99. The van der Waals surface area contributed by atoms with Crippen LogP contribution in [0.1, 0.15) is 19.3 Å². The molecule has 1 aromatic carbocycles. The molecule has 25 heavy (non-hydrogen) atoms.